The number of amides is 3. The number of likely N-dealkylation sites (N-methyl/N-ethyl adjacent to an activating group) is 1. The van der Waals surface area contributed by atoms with Crippen molar-refractivity contribution < 1.29 is 19.5 Å². The maximum absolute atomic E-state index is 11.8. The lowest BCUT2D eigenvalue weighted by Gasteiger charge is -2.21. The van der Waals surface area contributed by atoms with Crippen molar-refractivity contribution in [3.63, 3.8) is 0 Å². The number of carbonyl (C=O) groups is 3. The normalized spacial score (nSPS) is 15.3. The molecule has 0 aromatic rings. The number of carboxylic acid groups (broad SMARTS) is 1. The molecule has 0 spiro atoms. The van der Waals surface area contributed by atoms with Crippen molar-refractivity contribution in [1.82, 2.24) is 15.5 Å². The van der Waals surface area contributed by atoms with Crippen LogP contribution in [0.3, 0.4) is 0 Å². The number of rotatable bonds is 8. The first-order chi connectivity index (χ1) is 9.43. The summed E-state index contributed by atoms with van der Waals surface area (Å²) in [6.45, 7) is -0.0722. The average Bonchev–Trinajstić information content (AvgIpc) is 3.17. The molecule has 0 unspecified atom stereocenters. The zero-order valence-corrected chi connectivity index (χ0v) is 12.5. The zero-order chi connectivity index (χ0) is 15.1. The molecule has 1 saturated carbocycles. The molecule has 0 aromatic carbocycles. The molecule has 1 atom stereocenters. The average molecular weight is 303 g/mol. The van der Waals surface area contributed by atoms with Gasteiger partial charge in [-0.25, -0.2) is 9.59 Å². The molecular weight excluding hydrogens is 282 g/mol. The van der Waals surface area contributed by atoms with Crippen molar-refractivity contribution in [1.29, 1.82) is 0 Å². The summed E-state index contributed by atoms with van der Waals surface area (Å²) in [4.78, 5) is 35.6. The highest BCUT2D eigenvalue weighted by Crippen LogP contribution is 2.18. The van der Waals surface area contributed by atoms with Gasteiger partial charge in [0.1, 0.15) is 12.6 Å². The van der Waals surface area contributed by atoms with Gasteiger partial charge in [-0.2, -0.15) is 11.8 Å². The van der Waals surface area contributed by atoms with E-state index in [1.165, 1.54) is 23.7 Å². The van der Waals surface area contributed by atoms with Crippen LogP contribution in [0.2, 0.25) is 0 Å². The predicted molar refractivity (Wildman–Crippen MR) is 76.7 cm³/mol. The standard InChI is InChI=1S/C12H21N3O4S/c1-15(7-10(16)13-8-3-4-8)12(19)14-9(11(17)18)5-6-20-2/h8-9H,3-7H2,1-2H3,(H,13,16)(H,14,19)(H,17,18)/t9-/m0/s1. The highest BCUT2D eigenvalue weighted by atomic mass is 32.2. The Kier molecular flexibility index (Phi) is 6.63. The fourth-order valence-electron chi connectivity index (χ4n) is 1.54. The molecule has 0 bridgehead atoms. The largest absolute Gasteiger partial charge is 0.480 e. The highest BCUT2D eigenvalue weighted by Gasteiger charge is 2.25. The van der Waals surface area contributed by atoms with Gasteiger partial charge in [-0.15, -0.1) is 0 Å². The Morgan fingerprint density at radius 1 is 1.40 bits per heavy atom. The third-order valence-electron chi connectivity index (χ3n) is 2.88. The molecule has 3 N–H and O–H groups in total. The van der Waals surface area contributed by atoms with Gasteiger partial charge in [-0.3, -0.25) is 4.79 Å². The van der Waals surface area contributed by atoms with Gasteiger partial charge in [-0.05, 0) is 31.3 Å². The van der Waals surface area contributed by atoms with E-state index in [9.17, 15) is 14.4 Å². The Morgan fingerprint density at radius 2 is 2.05 bits per heavy atom. The Labute approximate surface area is 122 Å². The number of hydrogen-bond donors (Lipinski definition) is 3. The lowest BCUT2D eigenvalue weighted by molar-refractivity contribution is -0.139. The summed E-state index contributed by atoms with van der Waals surface area (Å²) in [5, 5.41) is 14.2. The van der Waals surface area contributed by atoms with Crippen LogP contribution in [0.25, 0.3) is 0 Å². The quantitative estimate of drug-likeness (QED) is 0.591. The van der Waals surface area contributed by atoms with Gasteiger partial charge in [0.25, 0.3) is 0 Å². The van der Waals surface area contributed by atoms with Gasteiger partial charge in [0.05, 0.1) is 0 Å². The smallest absolute Gasteiger partial charge is 0.326 e. The van der Waals surface area contributed by atoms with E-state index >= 15 is 0 Å². The van der Waals surface area contributed by atoms with Gasteiger partial charge in [0.2, 0.25) is 5.91 Å². The molecule has 0 aromatic heterocycles. The molecule has 8 heteroatoms. The van der Waals surface area contributed by atoms with E-state index in [4.69, 9.17) is 5.11 Å². The maximum atomic E-state index is 11.8. The Balaban J connectivity index is 2.37. The summed E-state index contributed by atoms with van der Waals surface area (Å²) in [5.74, 6) is -0.646. The van der Waals surface area contributed by atoms with Crippen molar-refractivity contribution in [2.45, 2.75) is 31.3 Å². The van der Waals surface area contributed by atoms with Crippen LogP contribution in [0.15, 0.2) is 0 Å². The van der Waals surface area contributed by atoms with Crippen LogP contribution in [0.1, 0.15) is 19.3 Å². The van der Waals surface area contributed by atoms with Gasteiger partial charge in [0, 0.05) is 13.1 Å². The van der Waals surface area contributed by atoms with Gasteiger partial charge < -0.3 is 20.6 Å². The van der Waals surface area contributed by atoms with Crippen molar-refractivity contribution >= 4 is 29.7 Å². The Bertz CT molecular complexity index is 374. The monoisotopic (exact) mass is 303 g/mol. The van der Waals surface area contributed by atoms with Crippen LogP contribution in [0.4, 0.5) is 4.79 Å². The summed E-state index contributed by atoms with van der Waals surface area (Å²) >= 11 is 1.51. The fraction of sp³-hybridized carbons (Fsp3) is 0.750. The second-order valence-corrected chi connectivity index (χ2v) is 5.81. The molecule has 114 valence electrons. The van der Waals surface area contributed by atoms with Crippen molar-refractivity contribution in [2.75, 3.05) is 25.6 Å². The Hall–Kier alpha value is -1.44. The number of urea groups is 1. The molecule has 1 fully saturated rings. The third-order valence-corrected chi connectivity index (χ3v) is 3.52. The predicted octanol–water partition coefficient (Wildman–Crippen LogP) is 0.113. The highest BCUT2D eigenvalue weighted by molar-refractivity contribution is 7.98. The van der Waals surface area contributed by atoms with E-state index in [1.807, 2.05) is 6.26 Å². The molecular formula is C12H21N3O4S. The summed E-state index contributed by atoms with van der Waals surface area (Å²) < 4.78 is 0. The minimum absolute atomic E-state index is 0.0722. The number of thioether (sulfide) groups is 1. The van der Waals surface area contributed by atoms with Crippen molar-refractivity contribution in [3.8, 4) is 0 Å². The first-order valence-corrected chi connectivity index (χ1v) is 7.86. The number of nitrogens with zero attached hydrogens (tertiary/aromatic N) is 1. The fourth-order valence-corrected chi connectivity index (χ4v) is 2.01. The first kappa shape index (κ1) is 16.6. The topological polar surface area (TPSA) is 98.7 Å². The third kappa shape index (κ3) is 6.14. The molecule has 1 aliphatic rings. The van der Waals surface area contributed by atoms with Crippen molar-refractivity contribution in [2.24, 2.45) is 0 Å². The molecule has 0 heterocycles. The summed E-state index contributed by atoms with van der Waals surface area (Å²) in [6.07, 6.45) is 4.19. The van der Waals surface area contributed by atoms with Crippen LogP contribution < -0.4 is 10.6 Å². The first-order valence-electron chi connectivity index (χ1n) is 6.46. The number of carboxylic acids is 1. The van der Waals surface area contributed by atoms with Crippen LogP contribution in [-0.2, 0) is 9.59 Å². The van der Waals surface area contributed by atoms with E-state index in [0.29, 0.717) is 12.2 Å². The van der Waals surface area contributed by atoms with Crippen LogP contribution in [0, 0.1) is 0 Å². The zero-order valence-electron chi connectivity index (χ0n) is 11.7. The molecule has 0 saturated heterocycles. The van der Waals surface area contributed by atoms with E-state index in [0.717, 1.165) is 12.8 Å². The van der Waals surface area contributed by atoms with E-state index < -0.39 is 18.0 Å². The van der Waals surface area contributed by atoms with E-state index in [-0.39, 0.29) is 18.5 Å². The van der Waals surface area contributed by atoms with E-state index in [2.05, 4.69) is 10.6 Å². The van der Waals surface area contributed by atoms with Gasteiger partial charge in [-0.1, -0.05) is 0 Å². The number of hydrogen-bond acceptors (Lipinski definition) is 4. The summed E-state index contributed by atoms with van der Waals surface area (Å²) in [7, 11) is 1.47. The molecule has 0 radical (unpaired) electrons. The lowest BCUT2D eigenvalue weighted by Crippen LogP contribution is -2.49. The van der Waals surface area contributed by atoms with Crippen LogP contribution in [-0.4, -0.2) is 65.6 Å². The van der Waals surface area contributed by atoms with Crippen LogP contribution >= 0.6 is 11.8 Å². The number of aliphatic carboxylic acids is 1. The van der Waals surface area contributed by atoms with Crippen LogP contribution in [0.5, 0.6) is 0 Å². The SMILES string of the molecule is CSCC[C@H](NC(=O)N(C)CC(=O)NC1CC1)C(=O)O. The van der Waals surface area contributed by atoms with Gasteiger partial charge in [0.15, 0.2) is 0 Å². The minimum atomic E-state index is -1.07. The van der Waals surface area contributed by atoms with E-state index in [1.54, 1.807) is 0 Å². The number of carbonyl (C=O) groups excluding carboxylic acids is 2. The molecule has 0 aliphatic heterocycles. The summed E-state index contributed by atoms with van der Waals surface area (Å²) in [5.41, 5.74) is 0. The van der Waals surface area contributed by atoms with Crippen molar-refractivity contribution in [3.05, 3.63) is 0 Å². The van der Waals surface area contributed by atoms with Gasteiger partial charge >= 0.3 is 12.0 Å². The molecule has 1 rings (SSSR count). The Morgan fingerprint density at radius 3 is 2.55 bits per heavy atom. The molecule has 7 nitrogen and oxygen atoms in total. The molecule has 20 heavy (non-hydrogen) atoms. The minimum Gasteiger partial charge on any atom is -0.480 e. The second-order valence-electron chi connectivity index (χ2n) is 4.82. The number of nitrogens with one attached hydrogen (secondary N) is 2. The molecule has 3 amide bonds. The molecule has 1 aliphatic carbocycles. The second kappa shape index (κ2) is 7.98. The lowest BCUT2D eigenvalue weighted by atomic mass is 10.2. The maximum Gasteiger partial charge on any atom is 0.326 e. The summed E-state index contributed by atoms with van der Waals surface area (Å²) in [6, 6.07) is -1.24.